The first-order chi connectivity index (χ1) is 6.38. The number of rotatable bonds is 4. The van der Waals surface area contributed by atoms with E-state index in [0.29, 0.717) is 5.25 Å². The Morgan fingerprint density at radius 2 is 2.23 bits per heavy atom. The summed E-state index contributed by atoms with van der Waals surface area (Å²) in [5.74, 6) is 1.31. The van der Waals surface area contributed by atoms with Crippen LogP contribution in [0.25, 0.3) is 0 Å². The molecule has 0 saturated heterocycles. The Hall–Kier alpha value is -0.200. The van der Waals surface area contributed by atoms with Gasteiger partial charge in [-0.05, 0) is 12.8 Å². The molecule has 1 aliphatic rings. The summed E-state index contributed by atoms with van der Waals surface area (Å²) in [5.41, 5.74) is 0. The first kappa shape index (κ1) is 10.9. The van der Waals surface area contributed by atoms with Crippen molar-refractivity contribution in [1.82, 2.24) is 0 Å². The van der Waals surface area contributed by atoms with Crippen LogP contribution in [-0.4, -0.2) is 24.7 Å². The van der Waals surface area contributed by atoms with Crippen LogP contribution in [0.5, 0.6) is 0 Å². The summed E-state index contributed by atoms with van der Waals surface area (Å²) in [6, 6.07) is 2.42. The van der Waals surface area contributed by atoms with Crippen LogP contribution in [0.2, 0.25) is 0 Å². The lowest BCUT2D eigenvalue weighted by Crippen LogP contribution is -2.21. The lowest BCUT2D eigenvalue weighted by atomic mass is 9.90. The second-order valence-corrected chi connectivity index (χ2v) is 4.77. The van der Waals surface area contributed by atoms with Crippen molar-refractivity contribution in [1.29, 1.82) is 5.26 Å². The largest absolute Gasteiger partial charge is 0.384 e. The van der Waals surface area contributed by atoms with Gasteiger partial charge in [-0.2, -0.15) is 17.0 Å². The normalized spacial score (nSPS) is 28.3. The number of nitriles is 1. The first-order valence-corrected chi connectivity index (χ1v) is 5.93. The van der Waals surface area contributed by atoms with Crippen molar-refractivity contribution >= 4 is 11.8 Å². The van der Waals surface area contributed by atoms with Gasteiger partial charge in [-0.1, -0.05) is 12.8 Å². The quantitative estimate of drug-likeness (QED) is 0.652. The molecule has 0 aromatic carbocycles. The van der Waals surface area contributed by atoms with Crippen LogP contribution in [0.1, 0.15) is 25.7 Å². The zero-order valence-electron chi connectivity index (χ0n) is 8.16. The molecular weight excluding hydrogens is 182 g/mol. The summed E-state index contributed by atoms with van der Waals surface area (Å²) in [4.78, 5) is 0. The minimum atomic E-state index is 0.288. The SMILES string of the molecule is COCCSC1CCCCC1C#N. The van der Waals surface area contributed by atoms with Crippen molar-refractivity contribution in [3.63, 3.8) is 0 Å². The van der Waals surface area contributed by atoms with E-state index in [1.807, 2.05) is 11.8 Å². The van der Waals surface area contributed by atoms with E-state index in [9.17, 15) is 0 Å². The van der Waals surface area contributed by atoms with Gasteiger partial charge in [0.1, 0.15) is 0 Å². The van der Waals surface area contributed by atoms with Crippen molar-refractivity contribution in [2.24, 2.45) is 5.92 Å². The Bertz CT molecular complexity index is 178. The maximum absolute atomic E-state index is 8.92. The van der Waals surface area contributed by atoms with E-state index >= 15 is 0 Å². The van der Waals surface area contributed by atoms with E-state index in [2.05, 4.69) is 6.07 Å². The predicted molar refractivity (Wildman–Crippen MR) is 55.7 cm³/mol. The highest BCUT2D eigenvalue weighted by atomic mass is 32.2. The number of hydrogen-bond acceptors (Lipinski definition) is 3. The number of thioether (sulfide) groups is 1. The molecule has 74 valence electrons. The molecule has 3 heteroatoms. The smallest absolute Gasteiger partial charge is 0.0667 e. The van der Waals surface area contributed by atoms with Gasteiger partial charge in [0.2, 0.25) is 0 Å². The minimum absolute atomic E-state index is 0.288. The van der Waals surface area contributed by atoms with E-state index in [1.165, 1.54) is 19.3 Å². The standard InChI is InChI=1S/C10H17NOS/c1-12-6-7-13-10-5-3-2-4-9(10)8-11/h9-10H,2-7H2,1H3. The van der Waals surface area contributed by atoms with Gasteiger partial charge in [0.25, 0.3) is 0 Å². The van der Waals surface area contributed by atoms with Gasteiger partial charge in [0.15, 0.2) is 0 Å². The Balaban J connectivity index is 2.24. The predicted octanol–water partition coefficient (Wildman–Crippen LogP) is 2.45. The van der Waals surface area contributed by atoms with Gasteiger partial charge in [0, 0.05) is 18.1 Å². The average Bonchev–Trinajstić information content (AvgIpc) is 2.19. The number of ether oxygens (including phenoxy) is 1. The van der Waals surface area contributed by atoms with Crippen LogP contribution in [0.4, 0.5) is 0 Å². The number of methoxy groups -OCH3 is 1. The Morgan fingerprint density at radius 1 is 1.46 bits per heavy atom. The first-order valence-electron chi connectivity index (χ1n) is 4.88. The van der Waals surface area contributed by atoms with Gasteiger partial charge < -0.3 is 4.74 Å². The van der Waals surface area contributed by atoms with Crippen molar-refractivity contribution in [2.45, 2.75) is 30.9 Å². The molecule has 0 heterocycles. The molecular formula is C10H17NOS. The summed E-state index contributed by atoms with van der Waals surface area (Å²) in [7, 11) is 1.73. The van der Waals surface area contributed by atoms with Crippen LogP contribution in [0, 0.1) is 17.2 Å². The van der Waals surface area contributed by atoms with Gasteiger partial charge in [-0.25, -0.2) is 0 Å². The molecule has 0 bridgehead atoms. The van der Waals surface area contributed by atoms with Crippen molar-refractivity contribution in [2.75, 3.05) is 19.5 Å². The third-order valence-corrected chi connectivity index (χ3v) is 3.88. The molecule has 0 aliphatic heterocycles. The van der Waals surface area contributed by atoms with E-state index in [4.69, 9.17) is 10.00 Å². The number of nitrogens with zero attached hydrogens (tertiary/aromatic N) is 1. The molecule has 0 spiro atoms. The average molecular weight is 199 g/mol. The van der Waals surface area contributed by atoms with Gasteiger partial charge in [0.05, 0.1) is 18.6 Å². The van der Waals surface area contributed by atoms with E-state index in [0.717, 1.165) is 18.8 Å². The highest BCUT2D eigenvalue weighted by molar-refractivity contribution is 7.99. The molecule has 0 aromatic heterocycles. The van der Waals surface area contributed by atoms with Gasteiger partial charge >= 0.3 is 0 Å². The minimum Gasteiger partial charge on any atom is -0.384 e. The fourth-order valence-corrected chi connectivity index (χ4v) is 3.06. The zero-order chi connectivity index (χ0) is 9.52. The van der Waals surface area contributed by atoms with Gasteiger partial charge in [-0.15, -0.1) is 0 Å². The molecule has 0 radical (unpaired) electrons. The second-order valence-electron chi connectivity index (χ2n) is 3.42. The molecule has 0 N–H and O–H groups in total. The highest BCUT2D eigenvalue weighted by Crippen LogP contribution is 2.32. The van der Waals surface area contributed by atoms with Crippen molar-refractivity contribution < 1.29 is 4.74 Å². The topological polar surface area (TPSA) is 33.0 Å². The van der Waals surface area contributed by atoms with Crippen LogP contribution >= 0.6 is 11.8 Å². The Labute approximate surface area is 84.6 Å². The molecule has 13 heavy (non-hydrogen) atoms. The van der Waals surface area contributed by atoms with E-state index in [1.54, 1.807) is 7.11 Å². The molecule has 1 rings (SSSR count). The summed E-state index contributed by atoms with van der Waals surface area (Å²) >= 11 is 1.91. The maximum Gasteiger partial charge on any atom is 0.0667 e. The molecule has 2 unspecified atom stereocenters. The summed E-state index contributed by atoms with van der Waals surface area (Å²) in [6.07, 6.45) is 4.84. The lowest BCUT2D eigenvalue weighted by Gasteiger charge is -2.25. The molecule has 0 amide bonds. The fourth-order valence-electron chi connectivity index (χ4n) is 1.73. The summed E-state index contributed by atoms with van der Waals surface area (Å²) in [6.45, 7) is 0.805. The van der Waals surface area contributed by atoms with Crippen LogP contribution in [0.15, 0.2) is 0 Å². The molecule has 2 nitrogen and oxygen atoms in total. The molecule has 1 aliphatic carbocycles. The van der Waals surface area contributed by atoms with Gasteiger partial charge in [-0.3, -0.25) is 0 Å². The Morgan fingerprint density at radius 3 is 2.92 bits per heavy atom. The Kier molecular flexibility index (Phi) is 5.26. The van der Waals surface area contributed by atoms with Crippen LogP contribution in [-0.2, 0) is 4.74 Å². The zero-order valence-corrected chi connectivity index (χ0v) is 8.98. The van der Waals surface area contributed by atoms with Crippen LogP contribution in [0.3, 0.4) is 0 Å². The third kappa shape index (κ3) is 3.58. The number of hydrogen-bond donors (Lipinski definition) is 0. The lowest BCUT2D eigenvalue weighted by molar-refractivity contribution is 0.218. The highest BCUT2D eigenvalue weighted by Gasteiger charge is 2.24. The molecule has 1 fully saturated rings. The summed E-state index contributed by atoms with van der Waals surface area (Å²) in [5, 5.41) is 9.49. The fraction of sp³-hybridized carbons (Fsp3) is 0.900. The van der Waals surface area contributed by atoms with Crippen molar-refractivity contribution in [3.05, 3.63) is 0 Å². The van der Waals surface area contributed by atoms with Crippen LogP contribution < -0.4 is 0 Å². The summed E-state index contributed by atoms with van der Waals surface area (Å²) < 4.78 is 5.00. The van der Waals surface area contributed by atoms with Crippen molar-refractivity contribution in [3.8, 4) is 6.07 Å². The monoisotopic (exact) mass is 199 g/mol. The molecule has 0 aromatic rings. The van der Waals surface area contributed by atoms with E-state index in [-0.39, 0.29) is 5.92 Å². The molecule has 2 atom stereocenters. The third-order valence-electron chi connectivity index (χ3n) is 2.49. The van der Waals surface area contributed by atoms with E-state index < -0.39 is 0 Å². The molecule has 1 saturated carbocycles. The second kappa shape index (κ2) is 6.28. The maximum atomic E-state index is 8.92.